The van der Waals surface area contributed by atoms with E-state index >= 15 is 0 Å². The zero-order valence-corrected chi connectivity index (χ0v) is 18.1. The molecule has 29 heavy (non-hydrogen) atoms. The molecule has 156 valence electrons. The van der Waals surface area contributed by atoms with Crippen LogP contribution in [-0.4, -0.2) is 43.2 Å². The Balaban J connectivity index is 1.86. The summed E-state index contributed by atoms with van der Waals surface area (Å²) in [4.78, 5) is 15.0. The minimum Gasteiger partial charge on any atom is -0.342 e. The van der Waals surface area contributed by atoms with Gasteiger partial charge in [0.2, 0.25) is 15.9 Å². The molecule has 1 fully saturated rings. The number of hydrogen-bond acceptors (Lipinski definition) is 3. The van der Waals surface area contributed by atoms with Crippen LogP contribution in [0.4, 0.5) is 0 Å². The van der Waals surface area contributed by atoms with Gasteiger partial charge in [0.15, 0.2) is 0 Å². The van der Waals surface area contributed by atoms with Gasteiger partial charge in [0.05, 0.1) is 11.4 Å². The van der Waals surface area contributed by atoms with E-state index in [0.29, 0.717) is 13.1 Å². The molecule has 6 heteroatoms. The molecule has 1 amide bonds. The van der Waals surface area contributed by atoms with Crippen molar-refractivity contribution in [3.63, 3.8) is 0 Å². The lowest BCUT2D eigenvalue weighted by molar-refractivity contribution is -0.131. The summed E-state index contributed by atoms with van der Waals surface area (Å²) in [6.07, 6.45) is 4.21. The molecule has 1 aliphatic heterocycles. The molecule has 0 N–H and O–H groups in total. The average molecular weight is 415 g/mol. The molecule has 1 aliphatic rings. The zero-order chi connectivity index (χ0) is 20.9. The molecule has 2 aromatic rings. The highest BCUT2D eigenvalue weighted by Crippen LogP contribution is 2.20. The van der Waals surface area contributed by atoms with Gasteiger partial charge in [-0.15, -0.1) is 0 Å². The highest BCUT2D eigenvalue weighted by Gasteiger charge is 2.29. The molecule has 0 aromatic heterocycles. The van der Waals surface area contributed by atoms with Crippen LogP contribution in [0.15, 0.2) is 53.4 Å². The number of amides is 1. The normalized spacial score (nSPS) is 15.3. The van der Waals surface area contributed by atoms with Gasteiger partial charge in [-0.2, -0.15) is 4.31 Å². The van der Waals surface area contributed by atoms with Crippen LogP contribution in [0, 0.1) is 13.8 Å². The average Bonchev–Trinajstić information content (AvgIpc) is 2.99. The van der Waals surface area contributed by atoms with E-state index in [1.165, 1.54) is 4.31 Å². The number of benzene rings is 2. The number of rotatable bonds is 6. The molecule has 1 heterocycles. The molecule has 0 unspecified atom stereocenters. The second-order valence-electron chi connectivity index (χ2n) is 7.87. The maximum atomic E-state index is 13.4. The molecule has 3 rings (SSSR count). The van der Waals surface area contributed by atoms with Gasteiger partial charge in [-0.25, -0.2) is 8.42 Å². The summed E-state index contributed by atoms with van der Waals surface area (Å²) in [6.45, 7) is 5.38. The molecule has 2 aromatic carbocycles. The van der Waals surface area contributed by atoms with Gasteiger partial charge >= 0.3 is 0 Å². The van der Waals surface area contributed by atoms with E-state index in [4.69, 9.17) is 0 Å². The summed E-state index contributed by atoms with van der Waals surface area (Å²) in [5, 5.41) is 0. The number of likely N-dealkylation sites (tertiary alicyclic amines) is 1. The molecular formula is C23H30N2O3S. The number of nitrogens with zero attached hydrogens (tertiary/aromatic N) is 2. The Morgan fingerprint density at radius 2 is 1.38 bits per heavy atom. The van der Waals surface area contributed by atoms with Gasteiger partial charge in [0.25, 0.3) is 0 Å². The van der Waals surface area contributed by atoms with Crippen LogP contribution in [0.3, 0.4) is 0 Å². The monoisotopic (exact) mass is 414 g/mol. The summed E-state index contributed by atoms with van der Waals surface area (Å²) in [5.41, 5.74) is 2.98. The van der Waals surface area contributed by atoms with Crippen molar-refractivity contribution in [2.24, 2.45) is 0 Å². The minimum atomic E-state index is -3.78. The Morgan fingerprint density at radius 1 is 0.862 bits per heavy atom. The van der Waals surface area contributed by atoms with E-state index in [1.807, 2.05) is 43.0 Å². The molecule has 0 aliphatic carbocycles. The van der Waals surface area contributed by atoms with Crippen molar-refractivity contribution in [3.8, 4) is 0 Å². The van der Waals surface area contributed by atoms with Gasteiger partial charge in [-0.1, -0.05) is 60.4 Å². The van der Waals surface area contributed by atoms with Crippen LogP contribution < -0.4 is 0 Å². The molecule has 0 spiro atoms. The Bertz CT molecular complexity index is 914. The lowest BCUT2D eigenvalue weighted by Crippen LogP contribution is -2.43. The SMILES string of the molecule is Cc1ccc(CN(CC(=O)N2CCCCCC2)S(=O)(=O)c2ccc(C)cc2)cc1. The lowest BCUT2D eigenvalue weighted by Gasteiger charge is -2.26. The first kappa shape index (κ1) is 21.5. The first-order valence-corrected chi connectivity index (χ1v) is 11.7. The van der Waals surface area contributed by atoms with Gasteiger partial charge in [-0.05, 0) is 44.4 Å². The van der Waals surface area contributed by atoms with Crippen LogP contribution in [-0.2, 0) is 21.4 Å². The summed E-state index contributed by atoms with van der Waals surface area (Å²) in [5.74, 6) is -0.116. The topological polar surface area (TPSA) is 57.7 Å². The molecule has 1 saturated heterocycles. The quantitative estimate of drug-likeness (QED) is 0.720. The first-order valence-electron chi connectivity index (χ1n) is 10.3. The second-order valence-corrected chi connectivity index (χ2v) is 9.80. The largest absolute Gasteiger partial charge is 0.342 e. The van der Waals surface area contributed by atoms with Crippen LogP contribution in [0.2, 0.25) is 0 Å². The minimum absolute atomic E-state index is 0.116. The maximum Gasteiger partial charge on any atom is 0.243 e. The van der Waals surface area contributed by atoms with E-state index in [-0.39, 0.29) is 23.9 Å². The summed E-state index contributed by atoms with van der Waals surface area (Å²) in [6, 6.07) is 14.6. The van der Waals surface area contributed by atoms with Crippen molar-refractivity contribution in [3.05, 3.63) is 65.2 Å². The zero-order valence-electron chi connectivity index (χ0n) is 17.3. The van der Waals surface area contributed by atoms with Crippen molar-refractivity contribution in [2.75, 3.05) is 19.6 Å². The fourth-order valence-electron chi connectivity index (χ4n) is 3.55. The fourth-order valence-corrected chi connectivity index (χ4v) is 4.93. The maximum absolute atomic E-state index is 13.4. The number of sulfonamides is 1. The van der Waals surface area contributed by atoms with Gasteiger partial charge in [0, 0.05) is 19.6 Å². The number of carbonyl (C=O) groups is 1. The first-order chi connectivity index (χ1) is 13.9. The van der Waals surface area contributed by atoms with Crippen molar-refractivity contribution >= 4 is 15.9 Å². The van der Waals surface area contributed by atoms with E-state index in [2.05, 4.69) is 0 Å². The molecule has 0 bridgehead atoms. The third kappa shape index (κ3) is 5.67. The summed E-state index contributed by atoms with van der Waals surface area (Å²) in [7, 11) is -3.78. The van der Waals surface area contributed by atoms with E-state index in [1.54, 1.807) is 24.3 Å². The number of aryl methyl sites for hydroxylation is 2. The third-order valence-corrected chi connectivity index (χ3v) is 7.21. The van der Waals surface area contributed by atoms with Crippen molar-refractivity contribution in [1.29, 1.82) is 0 Å². The molecule has 0 saturated carbocycles. The predicted octanol–water partition coefficient (Wildman–Crippen LogP) is 3.90. The number of hydrogen-bond donors (Lipinski definition) is 0. The molecule has 0 radical (unpaired) electrons. The van der Waals surface area contributed by atoms with Crippen molar-refractivity contribution in [2.45, 2.75) is 51.0 Å². The van der Waals surface area contributed by atoms with Crippen LogP contribution >= 0.6 is 0 Å². The highest BCUT2D eigenvalue weighted by molar-refractivity contribution is 7.89. The molecule has 0 atom stereocenters. The predicted molar refractivity (Wildman–Crippen MR) is 115 cm³/mol. The Morgan fingerprint density at radius 3 is 1.93 bits per heavy atom. The molecule has 5 nitrogen and oxygen atoms in total. The number of carbonyl (C=O) groups excluding carboxylic acids is 1. The highest BCUT2D eigenvalue weighted by atomic mass is 32.2. The van der Waals surface area contributed by atoms with Crippen molar-refractivity contribution in [1.82, 2.24) is 9.21 Å². The van der Waals surface area contributed by atoms with Gasteiger partial charge in [0.1, 0.15) is 0 Å². The van der Waals surface area contributed by atoms with Gasteiger partial charge < -0.3 is 4.90 Å². The van der Waals surface area contributed by atoms with E-state index < -0.39 is 10.0 Å². The Hall–Kier alpha value is -2.18. The fraction of sp³-hybridized carbons (Fsp3) is 0.435. The van der Waals surface area contributed by atoms with Crippen LogP contribution in [0.25, 0.3) is 0 Å². The summed E-state index contributed by atoms with van der Waals surface area (Å²) < 4.78 is 28.0. The smallest absolute Gasteiger partial charge is 0.243 e. The van der Waals surface area contributed by atoms with Crippen LogP contribution in [0.5, 0.6) is 0 Å². The standard InChI is InChI=1S/C23H30N2O3S/c1-19-7-11-21(12-8-19)17-25(18-23(26)24-15-5-3-4-6-16-24)29(27,28)22-13-9-20(2)10-14-22/h7-14H,3-6,15-18H2,1-2H3. The third-order valence-electron chi connectivity index (χ3n) is 5.41. The van der Waals surface area contributed by atoms with Gasteiger partial charge in [-0.3, -0.25) is 4.79 Å². The molecular weight excluding hydrogens is 384 g/mol. The Kier molecular flexibility index (Phi) is 7.09. The van der Waals surface area contributed by atoms with E-state index in [0.717, 1.165) is 42.4 Å². The Labute approximate surface area is 174 Å². The second kappa shape index (κ2) is 9.55. The summed E-state index contributed by atoms with van der Waals surface area (Å²) >= 11 is 0. The van der Waals surface area contributed by atoms with Crippen LogP contribution in [0.1, 0.15) is 42.4 Å². The van der Waals surface area contributed by atoms with E-state index in [9.17, 15) is 13.2 Å². The lowest BCUT2D eigenvalue weighted by atomic mass is 10.1. The van der Waals surface area contributed by atoms with Crippen molar-refractivity contribution < 1.29 is 13.2 Å².